The second-order valence-electron chi connectivity index (χ2n) is 4.95. The summed E-state index contributed by atoms with van der Waals surface area (Å²) in [5, 5.41) is 3.57. The molecule has 0 spiro atoms. The molecule has 2 heteroatoms. The lowest BCUT2D eigenvalue weighted by Gasteiger charge is -2.26. The van der Waals surface area contributed by atoms with Gasteiger partial charge in [0.1, 0.15) is 5.82 Å². The third-order valence-electron chi connectivity index (χ3n) is 3.58. The highest BCUT2D eigenvalue weighted by atomic mass is 15.0. The Morgan fingerprint density at radius 3 is 2.89 bits per heavy atom. The van der Waals surface area contributed by atoms with Gasteiger partial charge in [0.15, 0.2) is 0 Å². The minimum absolute atomic E-state index is 0.407. The van der Waals surface area contributed by atoms with Crippen molar-refractivity contribution in [2.24, 2.45) is 0 Å². The molecule has 2 nitrogen and oxygen atoms in total. The van der Waals surface area contributed by atoms with Crippen molar-refractivity contribution in [2.45, 2.75) is 32.2 Å². The summed E-state index contributed by atoms with van der Waals surface area (Å²) in [7, 11) is 0. The van der Waals surface area contributed by atoms with Gasteiger partial charge in [-0.05, 0) is 49.4 Å². The molecule has 0 fully saturated rings. The molecule has 1 heterocycles. The molecule has 1 aliphatic rings. The zero-order valence-corrected chi connectivity index (χ0v) is 10.7. The summed E-state index contributed by atoms with van der Waals surface area (Å²) in [6, 6.07) is 15.3. The maximum atomic E-state index is 4.53. The Bertz CT molecular complexity index is 548. The molecule has 1 N–H and O–H groups in total. The van der Waals surface area contributed by atoms with Gasteiger partial charge in [-0.1, -0.05) is 30.3 Å². The van der Waals surface area contributed by atoms with E-state index in [0.717, 1.165) is 11.5 Å². The lowest BCUT2D eigenvalue weighted by molar-refractivity contribution is 0.598. The Kier molecular flexibility index (Phi) is 3.01. The molecule has 1 unspecified atom stereocenters. The number of nitrogens with one attached hydrogen (secondary N) is 1. The first-order chi connectivity index (χ1) is 8.83. The molecule has 18 heavy (non-hydrogen) atoms. The van der Waals surface area contributed by atoms with Gasteiger partial charge in [-0.2, -0.15) is 0 Å². The van der Waals surface area contributed by atoms with Crippen LogP contribution in [0.4, 0.5) is 5.82 Å². The average Bonchev–Trinajstić information content (AvgIpc) is 2.39. The van der Waals surface area contributed by atoms with E-state index < -0.39 is 0 Å². The third-order valence-corrected chi connectivity index (χ3v) is 3.58. The van der Waals surface area contributed by atoms with Gasteiger partial charge in [0, 0.05) is 5.69 Å². The third kappa shape index (κ3) is 2.23. The molecule has 1 aromatic carbocycles. The second kappa shape index (κ2) is 4.81. The molecule has 0 amide bonds. The van der Waals surface area contributed by atoms with E-state index >= 15 is 0 Å². The van der Waals surface area contributed by atoms with Crippen LogP contribution in [0.15, 0.2) is 42.5 Å². The van der Waals surface area contributed by atoms with E-state index in [2.05, 4.69) is 40.6 Å². The molecule has 1 atom stereocenters. The van der Waals surface area contributed by atoms with Crippen LogP contribution in [0.25, 0.3) is 0 Å². The highest BCUT2D eigenvalue weighted by Crippen LogP contribution is 2.31. The van der Waals surface area contributed by atoms with Crippen molar-refractivity contribution in [3.8, 4) is 0 Å². The Balaban J connectivity index is 1.86. The summed E-state index contributed by atoms with van der Waals surface area (Å²) in [6.07, 6.45) is 3.64. The van der Waals surface area contributed by atoms with Crippen LogP contribution in [-0.2, 0) is 6.42 Å². The minimum Gasteiger partial charge on any atom is -0.363 e. The minimum atomic E-state index is 0.407. The Labute approximate surface area is 108 Å². The summed E-state index contributed by atoms with van der Waals surface area (Å²) in [5.74, 6) is 0.983. The Hall–Kier alpha value is -1.83. The molecule has 0 bridgehead atoms. The van der Waals surface area contributed by atoms with Gasteiger partial charge < -0.3 is 5.32 Å². The topological polar surface area (TPSA) is 24.9 Å². The summed E-state index contributed by atoms with van der Waals surface area (Å²) in [6.45, 7) is 2.03. The molecule has 1 aliphatic carbocycles. The van der Waals surface area contributed by atoms with Crippen molar-refractivity contribution in [1.29, 1.82) is 0 Å². The maximum Gasteiger partial charge on any atom is 0.126 e. The number of pyridine rings is 1. The Morgan fingerprint density at radius 2 is 2.00 bits per heavy atom. The number of rotatable bonds is 2. The number of nitrogens with zero attached hydrogens (tertiary/aromatic N) is 1. The molecule has 0 aliphatic heterocycles. The van der Waals surface area contributed by atoms with E-state index in [1.165, 1.54) is 30.4 Å². The van der Waals surface area contributed by atoms with Crippen LogP contribution in [0.5, 0.6) is 0 Å². The van der Waals surface area contributed by atoms with E-state index in [1.807, 2.05) is 19.1 Å². The summed E-state index contributed by atoms with van der Waals surface area (Å²) in [4.78, 5) is 4.53. The first-order valence-electron chi connectivity index (χ1n) is 6.61. The fourth-order valence-electron chi connectivity index (χ4n) is 2.71. The molecule has 3 rings (SSSR count). The number of aryl methyl sites for hydroxylation is 2. The van der Waals surface area contributed by atoms with Gasteiger partial charge in [0.25, 0.3) is 0 Å². The number of anilines is 1. The van der Waals surface area contributed by atoms with Crippen LogP contribution in [0, 0.1) is 6.92 Å². The van der Waals surface area contributed by atoms with E-state index in [-0.39, 0.29) is 0 Å². The zero-order valence-electron chi connectivity index (χ0n) is 10.7. The normalized spacial score (nSPS) is 18.2. The van der Waals surface area contributed by atoms with Crippen molar-refractivity contribution < 1.29 is 0 Å². The standard InChI is InChI=1S/C16H18N2/c1-12-6-4-11-16(17-12)18-15-10-5-8-13-7-2-3-9-14(13)15/h2-4,6-7,9,11,15H,5,8,10H2,1H3,(H,17,18). The van der Waals surface area contributed by atoms with Gasteiger partial charge in [-0.25, -0.2) is 4.98 Å². The van der Waals surface area contributed by atoms with E-state index in [1.54, 1.807) is 0 Å². The smallest absolute Gasteiger partial charge is 0.126 e. The number of fused-ring (bicyclic) bond motifs is 1. The first-order valence-corrected chi connectivity index (χ1v) is 6.61. The van der Waals surface area contributed by atoms with Crippen LogP contribution in [0.1, 0.15) is 35.7 Å². The Morgan fingerprint density at radius 1 is 1.11 bits per heavy atom. The fraction of sp³-hybridized carbons (Fsp3) is 0.312. The van der Waals surface area contributed by atoms with Crippen LogP contribution in [0.3, 0.4) is 0 Å². The van der Waals surface area contributed by atoms with Crippen LogP contribution in [0.2, 0.25) is 0 Å². The van der Waals surface area contributed by atoms with Gasteiger partial charge in [-0.3, -0.25) is 0 Å². The molecule has 1 aromatic heterocycles. The van der Waals surface area contributed by atoms with Crippen LogP contribution < -0.4 is 5.32 Å². The molecule has 92 valence electrons. The number of hydrogen-bond donors (Lipinski definition) is 1. The van der Waals surface area contributed by atoms with Crippen LogP contribution >= 0.6 is 0 Å². The fourth-order valence-corrected chi connectivity index (χ4v) is 2.71. The molecular formula is C16H18N2. The SMILES string of the molecule is Cc1cccc(NC2CCCc3ccccc32)n1. The monoisotopic (exact) mass is 238 g/mol. The highest BCUT2D eigenvalue weighted by Gasteiger charge is 2.19. The van der Waals surface area contributed by atoms with Crippen molar-refractivity contribution in [3.63, 3.8) is 0 Å². The molecular weight excluding hydrogens is 220 g/mol. The van der Waals surface area contributed by atoms with E-state index in [4.69, 9.17) is 0 Å². The van der Waals surface area contributed by atoms with Crippen molar-refractivity contribution in [2.75, 3.05) is 5.32 Å². The molecule has 0 saturated carbocycles. The van der Waals surface area contributed by atoms with Gasteiger partial charge >= 0.3 is 0 Å². The number of benzene rings is 1. The lowest BCUT2D eigenvalue weighted by atomic mass is 9.88. The molecule has 0 saturated heterocycles. The predicted molar refractivity (Wildman–Crippen MR) is 74.7 cm³/mol. The van der Waals surface area contributed by atoms with Crippen molar-refractivity contribution >= 4 is 5.82 Å². The number of hydrogen-bond acceptors (Lipinski definition) is 2. The van der Waals surface area contributed by atoms with E-state index in [0.29, 0.717) is 6.04 Å². The first kappa shape index (κ1) is 11.3. The average molecular weight is 238 g/mol. The van der Waals surface area contributed by atoms with Gasteiger partial charge in [-0.15, -0.1) is 0 Å². The zero-order chi connectivity index (χ0) is 12.4. The molecule has 0 radical (unpaired) electrons. The summed E-state index contributed by atoms with van der Waals surface area (Å²) < 4.78 is 0. The van der Waals surface area contributed by atoms with Gasteiger partial charge in [0.05, 0.1) is 6.04 Å². The second-order valence-corrected chi connectivity index (χ2v) is 4.95. The van der Waals surface area contributed by atoms with Crippen LogP contribution in [-0.4, -0.2) is 4.98 Å². The van der Waals surface area contributed by atoms with E-state index in [9.17, 15) is 0 Å². The van der Waals surface area contributed by atoms with Gasteiger partial charge in [0.2, 0.25) is 0 Å². The lowest BCUT2D eigenvalue weighted by Crippen LogP contribution is -2.17. The quantitative estimate of drug-likeness (QED) is 0.858. The van der Waals surface area contributed by atoms with Crippen molar-refractivity contribution in [3.05, 3.63) is 59.3 Å². The summed E-state index contributed by atoms with van der Waals surface area (Å²) in [5.41, 5.74) is 3.98. The predicted octanol–water partition coefficient (Wildman–Crippen LogP) is 3.88. The maximum absolute atomic E-state index is 4.53. The molecule has 2 aromatic rings. The highest BCUT2D eigenvalue weighted by molar-refractivity contribution is 5.42. The number of aromatic nitrogens is 1. The van der Waals surface area contributed by atoms with Crippen molar-refractivity contribution in [1.82, 2.24) is 4.98 Å². The summed E-state index contributed by atoms with van der Waals surface area (Å²) >= 11 is 0. The largest absolute Gasteiger partial charge is 0.363 e.